The van der Waals surface area contributed by atoms with Crippen molar-refractivity contribution in [3.05, 3.63) is 63.9 Å². The SMILES string of the molecule is Cc1cccc2nc(CCl)n(Cc3ccccc3Br)c12. The second kappa shape index (κ2) is 5.58. The van der Waals surface area contributed by atoms with Crippen molar-refractivity contribution in [1.82, 2.24) is 9.55 Å². The normalized spacial score (nSPS) is 11.2. The molecule has 0 N–H and O–H groups in total. The molecule has 0 fully saturated rings. The number of alkyl halides is 1. The zero-order valence-corrected chi connectivity index (χ0v) is 13.4. The Balaban J connectivity index is 2.17. The number of nitrogens with zero attached hydrogens (tertiary/aromatic N) is 2. The van der Waals surface area contributed by atoms with E-state index in [0.29, 0.717) is 5.88 Å². The molecule has 0 aliphatic heterocycles. The molecule has 0 saturated heterocycles. The average Bonchev–Trinajstić information content (AvgIpc) is 2.81. The summed E-state index contributed by atoms with van der Waals surface area (Å²) in [6.07, 6.45) is 0. The van der Waals surface area contributed by atoms with Crippen LogP contribution in [-0.2, 0) is 12.4 Å². The van der Waals surface area contributed by atoms with Crippen molar-refractivity contribution in [3.63, 3.8) is 0 Å². The number of imidazole rings is 1. The van der Waals surface area contributed by atoms with Gasteiger partial charge in [-0.3, -0.25) is 0 Å². The lowest BCUT2D eigenvalue weighted by Crippen LogP contribution is -2.05. The number of hydrogen-bond donors (Lipinski definition) is 0. The predicted octanol–water partition coefficient (Wildman–Crippen LogP) is 4.89. The Labute approximate surface area is 131 Å². The molecule has 2 nitrogen and oxygen atoms in total. The predicted molar refractivity (Wildman–Crippen MR) is 87.3 cm³/mol. The van der Waals surface area contributed by atoms with Crippen molar-refractivity contribution in [1.29, 1.82) is 0 Å². The van der Waals surface area contributed by atoms with Gasteiger partial charge in [-0.15, -0.1) is 11.6 Å². The highest BCUT2D eigenvalue weighted by Gasteiger charge is 2.12. The zero-order valence-electron chi connectivity index (χ0n) is 11.1. The number of hydrogen-bond acceptors (Lipinski definition) is 1. The van der Waals surface area contributed by atoms with Crippen LogP contribution >= 0.6 is 27.5 Å². The number of rotatable bonds is 3. The molecule has 0 atom stereocenters. The highest BCUT2D eigenvalue weighted by atomic mass is 79.9. The molecule has 0 unspecified atom stereocenters. The molecular formula is C16H14BrClN2. The van der Waals surface area contributed by atoms with Gasteiger partial charge in [0.05, 0.1) is 23.5 Å². The third kappa shape index (κ3) is 2.36. The second-order valence-electron chi connectivity index (χ2n) is 4.78. The first-order valence-corrected chi connectivity index (χ1v) is 7.77. The van der Waals surface area contributed by atoms with Crippen molar-refractivity contribution < 1.29 is 0 Å². The lowest BCUT2D eigenvalue weighted by Gasteiger charge is -2.10. The van der Waals surface area contributed by atoms with E-state index in [2.05, 4.69) is 50.6 Å². The zero-order chi connectivity index (χ0) is 14.1. The smallest absolute Gasteiger partial charge is 0.125 e. The third-order valence-electron chi connectivity index (χ3n) is 3.45. The number of aryl methyl sites for hydroxylation is 1. The van der Waals surface area contributed by atoms with E-state index in [9.17, 15) is 0 Å². The van der Waals surface area contributed by atoms with Crippen LogP contribution in [0.15, 0.2) is 46.9 Å². The van der Waals surface area contributed by atoms with Crippen LogP contribution in [-0.4, -0.2) is 9.55 Å². The van der Waals surface area contributed by atoms with Gasteiger partial charge in [-0.25, -0.2) is 4.98 Å². The van der Waals surface area contributed by atoms with E-state index in [0.717, 1.165) is 22.4 Å². The molecular weight excluding hydrogens is 336 g/mol. The standard InChI is InChI=1S/C16H14BrClN2/c1-11-5-4-8-14-16(11)20(15(9-18)19-14)10-12-6-2-3-7-13(12)17/h2-8H,9-10H2,1H3. The first-order valence-electron chi connectivity index (χ1n) is 6.45. The van der Waals surface area contributed by atoms with Crippen molar-refractivity contribution >= 4 is 38.6 Å². The summed E-state index contributed by atoms with van der Waals surface area (Å²) in [5, 5.41) is 0. The van der Waals surface area contributed by atoms with Gasteiger partial charge in [0, 0.05) is 4.47 Å². The molecule has 0 spiro atoms. The second-order valence-corrected chi connectivity index (χ2v) is 5.90. The van der Waals surface area contributed by atoms with Crippen LogP contribution in [0.2, 0.25) is 0 Å². The van der Waals surface area contributed by atoms with Gasteiger partial charge in [0.15, 0.2) is 0 Å². The summed E-state index contributed by atoms with van der Waals surface area (Å²) in [5.74, 6) is 1.32. The molecule has 1 heterocycles. The summed E-state index contributed by atoms with van der Waals surface area (Å²) in [6.45, 7) is 2.88. The average molecular weight is 350 g/mol. The molecule has 20 heavy (non-hydrogen) atoms. The number of aromatic nitrogens is 2. The minimum absolute atomic E-state index is 0.415. The molecule has 0 saturated carbocycles. The topological polar surface area (TPSA) is 17.8 Å². The molecule has 0 amide bonds. The number of fused-ring (bicyclic) bond motifs is 1. The highest BCUT2D eigenvalue weighted by Crippen LogP contribution is 2.24. The van der Waals surface area contributed by atoms with E-state index >= 15 is 0 Å². The summed E-state index contributed by atoms with van der Waals surface area (Å²) in [4.78, 5) is 4.63. The number of benzene rings is 2. The molecule has 3 aromatic rings. The van der Waals surface area contributed by atoms with Crippen molar-refractivity contribution in [2.24, 2.45) is 0 Å². The van der Waals surface area contributed by atoms with Crippen LogP contribution < -0.4 is 0 Å². The Hall–Kier alpha value is -1.32. The molecule has 0 aliphatic carbocycles. The lowest BCUT2D eigenvalue weighted by molar-refractivity contribution is 0.774. The quantitative estimate of drug-likeness (QED) is 0.615. The number of para-hydroxylation sites is 1. The number of halogens is 2. The van der Waals surface area contributed by atoms with Gasteiger partial charge >= 0.3 is 0 Å². The fourth-order valence-electron chi connectivity index (χ4n) is 2.48. The summed E-state index contributed by atoms with van der Waals surface area (Å²) in [5.41, 5.74) is 4.62. The van der Waals surface area contributed by atoms with Crippen LogP contribution in [0.3, 0.4) is 0 Å². The molecule has 0 radical (unpaired) electrons. The summed E-state index contributed by atoms with van der Waals surface area (Å²) >= 11 is 9.67. The maximum atomic E-state index is 6.07. The van der Waals surface area contributed by atoms with Gasteiger partial charge in [-0.05, 0) is 30.2 Å². The minimum Gasteiger partial charge on any atom is -0.322 e. The van der Waals surface area contributed by atoms with Gasteiger partial charge in [0.25, 0.3) is 0 Å². The Kier molecular flexibility index (Phi) is 3.81. The molecule has 3 rings (SSSR count). The maximum absolute atomic E-state index is 6.07. The van der Waals surface area contributed by atoms with Gasteiger partial charge < -0.3 is 4.57 Å². The van der Waals surface area contributed by atoms with E-state index in [1.807, 2.05) is 24.3 Å². The third-order valence-corrected chi connectivity index (χ3v) is 4.47. The van der Waals surface area contributed by atoms with Crippen molar-refractivity contribution in [2.45, 2.75) is 19.3 Å². The lowest BCUT2D eigenvalue weighted by atomic mass is 10.2. The largest absolute Gasteiger partial charge is 0.322 e. The van der Waals surface area contributed by atoms with Crippen LogP contribution in [0.25, 0.3) is 11.0 Å². The molecule has 0 aliphatic rings. The van der Waals surface area contributed by atoms with Crippen molar-refractivity contribution in [2.75, 3.05) is 0 Å². The Bertz CT molecular complexity index is 764. The highest BCUT2D eigenvalue weighted by molar-refractivity contribution is 9.10. The fourth-order valence-corrected chi connectivity index (χ4v) is 3.10. The van der Waals surface area contributed by atoms with E-state index in [1.165, 1.54) is 16.6 Å². The van der Waals surface area contributed by atoms with Crippen LogP contribution in [0.4, 0.5) is 0 Å². The monoisotopic (exact) mass is 348 g/mol. The summed E-state index contributed by atoms with van der Waals surface area (Å²) in [6, 6.07) is 14.4. The first kappa shape index (κ1) is 13.7. The van der Waals surface area contributed by atoms with Gasteiger partial charge in [0.1, 0.15) is 5.82 Å². The Morgan fingerprint density at radius 2 is 1.95 bits per heavy atom. The van der Waals surface area contributed by atoms with Crippen LogP contribution in [0.5, 0.6) is 0 Å². The van der Waals surface area contributed by atoms with E-state index in [-0.39, 0.29) is 0 Å². The minimum atomic E-state index is 0.415. The van der Waals surface area contributed by atoms with Gasteiger partial charge in [-0.2, -0.15) is 0 Å². The van der Waals surface area contributed by atoms with Crippen LogP contribution in [0, 0.1) is 6.92 Å². The molecule has 1 aromatic heterocycles. The Morgan fingerprint density at radius 1 is 1.15 bits per heavy atom. The molecule has 102 valence electrons. The molecule has 4 heteroatoms. The van der Waals surface area contributed by atoms with Gasteiger partial charge in [0.2, 0.25) is 0 Å². The first-order chi connectivity index (χ1) is 9.70. The molecule has 0 bridgehead atoms. The van der Waals surface area contributed by atoms with E-state index < -0.39 is 0 Å². The van der Waals surface area contributed by atoms with Crippen LogP contribution in [0.1, 0.15) is 17.0 Å². The summed E-state index contributed by atoms with van der Waals surface area (Å²) in [7, 11) is 0. The van der Waals surface area contributed by atoms with E-state index in [1.54, 1.807) is 0 Å². The Morgan fingerprint density at radius 3 is 2.70 bits per heavy atom. The van der Waals surface area contributed by atoms with Crippen molar-refractivity contribution in [3.8, 4) is 0 Å². The van der Waals surface area contributed by atoms with Gasteiger partial charge in [-0.1, -0.05) is 46.3 Å². The van der Waals surface area contributed by atoms with E-state index in [4.69, 9.17) is 11.6 Å². The maximum Gasteiger partial charge on any atom is 0.125 e. The fraction of sp³-hybridized carbons (Fsp3) is 0.188. The summed E-state index contributed by atoms with van der Waals surface area (Å²) < 4.78 is 3.31. The molecule has 2 aromatic carbocycles.